The number of aromatic nitrogens is 1. The van der Waals surface area contributed by atoms with Crippen molar-refractivity contribution in [3.63, 3.8) is 0 Å². The average Bonchev–Trinajstić information content (AvgIpc) is 2.97. The molecule has 1 N–H and O–H groups in total. The number of nitrogens with zero attached hydrogens (tertiary/aromatic N) is 3. The van der Waals surface area contributed by atoms with Gasteiger partial charge in [0.05, 0.1) is 30.0 Å². The summed E-state index contributed by atoms with van der Waals surface area (Å²) < 4.78 is 5.41. The molecular formula is C16H27N3O2S. The van der Waals surface area contributed by atoms with E-state index in [0.29, 0.717) is 0 Å². The summed E-state index contributed by atoms with van der Waals surface area (Å²) in [4.78, 5) is 9.15. The van der Waals surface area contributed by atoms with E-state index in [-0.39, 0.29) is 5.41 Å². The topological polar surface area (TPSA) is 48.8 Å². The molecule has 2 saturated heterocycles. The number of hydrogen-bond donors (Lipinski definition) is 1. The first-order valence-electron chi connectivity index (χ1n) is 8.10. The van der Waals surface area contributed by atoms with Crippen molar-refractivity contribution in [2.75, 3.05) is 45.9 Å². The molecule has 6 heteroatoms. The zero-order chi connectivity index (χ0) is 15.6. The predicted octanol–water partition coefficient (Wildman–Crippen LogP) is 1.44. The van der Waals surface area contributed by atoms with Gasteiger partial charge in [-0.2, -0.15) is 0 Å². The van der Waals surface area contributed by atoms with Crippen LogP contribution in [0.4, 0.5) is 0 Å². The molecule has 0 amide bonds. The van der Waals surface area contributed by atoms with Gasteiger partial charge in [-0.15, -0.1) is 11.3 Å². The Balaban J connectivity index is 1.61. The van der Waals surface area contributed by atoms with Crippen LogP contribution in [0.1, 0.15) is 26.0 Å². The Hall–Kier alpha value is -0.530. The molecule has 3 heterocycles. The van der Waals surface area contributed by atoms with Crippen LogP contribution < -0.4 is 0 Å². The summed E-state index contributed by atoms with van der Waals surface area (Å²) in [5.41, 5.74) is 2.28. The molecule has 0 aromatic carbocycles. The number of thiazole rings is 1. The molecule has 0 saturated carbocycles. The van der Waals surface area contributed by atoms with Gasteiger partial charge < -0.3 is 9.84 Å². The first kappa shape index (κ1) is 16.3. The predicted molar refractivity (Wildman–Crippen MR) is 88.0 cm³/mol. The van der Waals surface area contributed by atoms with Crippen LogP contribution in [0.3, 0.4) is 0 Å². The smallest absolute Gasteiger partial charge is 0.0849 e. The van der Waals surface area contributed by atoms with Gasteiger partial charge in [-0.05, 0) is 6.42 Å². The van der Waals surface area contributed by atoms with E-state index < -0.39 is 5.60 Å². The van der Waals surface area contributed by atoms with E-state index in [1.165, 1.54) is 0 Å². The van der Waals surface area contributed by atoms with Gasteiger partial charge in [-0.1, -0.05) is 13.8 Å². The highest BCUT2D eigenvalue weighted by Gasteiger charge is 2.48. The molecule has 1 aromatic heterocycles. The Morgan fingerprint density at radius 2 is 2.05 bits per heavy atom. The average molecular weight is 325 g/mol. The Morgan fingerprint density at radius 3 is 2.68 bits per heavy atom. The molecule has 2 aliphatic heterocycles. The molecule has 5 nitrogen and oxygen atoms in total. The second-order valence-corrected chi connectivity index (χ2v) is 7.96. The van der Waals surface area contributed by atoms with Crippen molar-refractivity contribution in [3.8, 4) is 0 Å². The molecule has 0 unspecified atom stereocenters. The van der Waals surface area contributed by atoms with E-state index in [1.54, 1.807) is 11.3 Å². The molecule has 2 aliphatic rings. The summed E-state index contributed by atoms with van der Waals surface area (Å²) in [7, 11) is 0. The van der Waals surface area contributed by atoms with Crippen molar-refractivity contribution in [1.29, 1.82) is 0 Å². The van der Waals surface area contributed by atoms with E-state index in [1.807, 2.05) is 5.51 Å². The zero-order valence-corrected chi connectivity index (χ0v) is 14.4. The van der Waals surface area contributed by atoms with Gasteiger partial charge >= 0.3 is 0 Å². The van der Waals surface area contributed by atoms with Gasteiger partial charge in [0, 0.05) is 50.1 Å². The van der Waals surface area contributed by atoms with Crippen LogP contribution in [0.15, 0.2) is 10.9 Å². The SMILES string of the molecule is CC1(C)CN(Cc2cscn2)CC[C@]1(O)CN1CCOCC1. The van der Waals surface area contributed by atoms with Gasteiger partial charge in [-0.3, -0.25) is 9.80 Å². The number of hydrogen-bond acceptors (Lipinski definition) is 6. The highest BCUT2D eigenvalue weighted by Crippen LogP contribution is 2.39. The minimum atomic E-state index is -0.622. The van der Waals surface area contributed by atoms with Crippen LogP contribution in [0.25, 0.3) is 0 Å². The molecular weight excluding hydrogens is 298 g/mol. The number of rotatable bonds is 4. The molecule has 0 radical (unpaired) electrons. The molecule has 1 atom stereocenters. The lowest BCUT2D eigenvalue weighted by Crippen LogP contribution is -2.62. The van der Waals surface area contributed by atoms with Crippen molar-refractivity contribution < 1.29 is 9.84 Å². The number of ether oxygens (including phenoxy) is 1. The van der Waals surface area contributed by atoms with Crippen molar-refractivity contribution in [2.45, 2.75) is 32.4 Å². The fourth-order valence-corrected chi connectivity index (χ4v) is 4.12. The highest BCUT2D eigenvalue weighted by molar-refractivity contribution is 7.07. The monoisotopic (exact) mass is 325 g/mol. The van der Waals surface area contributed by atoms with Gasteiger partial charge in [0.25, 0.3) is 0 Å². The fraction of sp³-hybridized carbons (Fsp3) is 0.812. The lowest BCUT2D eigenvalue weighted by atomic mass is 9.69. The first-order chi connectivity index (χ1) is 10.5. The van der Waals surface area contributed by atoms with Gasteiger partial charge in [0.1, 0.15) is 0 Å². The van der Waals surface area contributed by atoms with E-state index in [0.717, 1.165) is 64.6 Å². The summed E-state index contributed by atoms with van der Waals surface area (Å²) in [6, 6.07) is 0. The fourth-order valence-electron chi connectivity index (χ4n) is 3.57. The third-order valence-electron chi connectivity index (χ3n) is 5.18. The molecule has 22 heavy (non-hydrogen) atoms. The molecule has 2 fully saturated rings. The van der Waals surface area contributed by atoms with Crippen molar-refractivity contribution in [3.05, 3.63) is 16.6 Å². The third-order valence-corrected chi connectivity index (χ3v) is 5.81. The van der Waals surface area contributed by atoms with Crippen LogP contribution in [-0.2, 0) is 11.3 Å². The summed E-state index contributed by atoms with van der Waals surface area (Å²) in [5.74, 6) is 0. The standard InChI is InChI=1S/C16H27N3O2S/c1-15(2)11-19(9-14-10-22-13-17-14)4-3-16(15,20)12-18-5-7-21-8-6-18/h10,13,20H,3-9,11-12H2,1-2H3/t16-/m0/s1. The minimum absolute atomic E-state index is 0.125. The maximum atomic E-state index is 11.3. The van der Waals surface area contributed by atoms with Gasteiger partial charge in [0.2, 0.25) is 0 Å². The van der Waals surface area contributed by atoms with Crippen LogP contribution in [-0.4, -0.2) is 71.4 Å². The van der Waals surface area contributed by atoms with E-state index in [4.69, 9.17) is 4.74 Å². The summed E-state index contributed by atoms with van der Waals surface area (Å²) in [6.45, 7) is 11.3. The maximum absolute atomic E-state index is 11.3. The maximum Gasteiger partial charge on any atom is 0.0849 e. The van der Waals surface area contributed by atoms with E-state index >= 15 is 0 Å². The number of piperidine rings is 1. The minimum Gasteiger partial charge on any atom is -0.388 e. The van der Waals surface area contributed by atoms with Gasteiger partial charge in [0.15, 0.2) is 0 Å². The van der Waals surface area contributed by atoms with E-state index in [2.05, 4.69) is 34.0 Å². The summed E-state index contributed by atoms with van der Waals surface area (Å²) in [6.07, 6.45) is 0.821. The Bertz CT molecular complexity index is 474. The number of morpholine rings is 1. The van der Waals surface area contributed by atoms with Crippen LogP contribution in [0.2, 0.25) is 0 Å². The van der Waals surface area contributed by atoms with Crippen molar-refractivity contribution in [2.24, 2.45) is 5.41 Å². The molecule has 1 aromatic rings. The number of β-amino-alcohol motifs (C(OH)–C–C–N with tert-alkyl or cyclic N) is 1. The van der Waals surface area contributed by atoms with Crippen molar-refractivity contribution >= 4 is 11.3 Å². The largest absolute Gasteiger partial charge is 0.388 e. The summed E-state index contributed by atoms with van der Waals surface area (Å²) >= 11 is 1.65. The number of aliphatic hydroxyl groups is 1. The highest BCUT2D eigenvalue weighted by atomic mass is 32.1. The third kappa shape index (κ3) is 3.51. The normalized spacial score (nSPS) is 30.5. The Kier molecular flexibility index (Phi) is 4.85. The Morgan fingerprint density at radius 1 is 1.27 bits per heavy atom. The summed E-state index contributed by atoms with van der Waals surface area (Å²) in [5, 5.41) is 13.4. The lowest BCUT2D eigenvalue weighted by molar-refractivity contribution is -0.141. The molecule has 0 aliphatic carbocycles. The van der Waals surface area contributed by atoms with Crippen molar-refractivity contribution in [1.82, 2.24) is 14.8 Å². The second-order valence-electron chi connectivity index (χ2n) is 7.24. The van der Waals surface area contributed by atoms with Crippen LogP contribution in [0, 0.1) is 5.41 Å². The number of likely N-dealkylation sites (tertiary alicyclic amines) is 1. The molecule has 0 spiro atoms. The lowest BCUT2D eigenvalue weighted by Gasteiger charge is -2.52. The molecule has 3 rings (SSSR count). The first-order valence-corrected chi connectivity index (χ1v) is 9.05. The quantitative estimate of drug-likeness (QED) is 0.908. The second kappa shape index (κ2) is 6.53. The Labute approximate surface area is 136 Å². The van der Waals surface area contributed by atoms with Crippen LogP contribution >= 0.6 is 11.3 Å². The molecule has 124 valence electrons. The van der Waals surface area contributed by atoms with E-state index in [9.17, 15) is 5.11 Å². The zero-order valence-electron chi connectivity index (χ0n) is 13.6. The van der Waals surface area contributed by atoms with Crippen LogP contribution in [0.5, 0.6) is 0 Å². The molecule has 0 bridgehead atoms. The van der Waals surface area contributed by atoms with Gasteiger partial charge in [-0.25, -0.2) is 4.98 Å².